The fourth-order valence-corrected chi connectivity index (χ4v) is 6.47. The van der Waals surface area contributed by atoms with Crippen LogP contribution in [-0.4, -0.2) is 54.2 Å². The van der Waals surface area contributed by atoms with E-state index in [2.05, 4.69) is 4.90 Å². The number of hydrogen-bond acceptors (Lipinski definition) is 3. The highest BCUT2D eigenvalue weighted by atomic mass is 16.6. The average molecular weight is 349 g/mol. The van der Waals surface area contributed by atoms with Crippen molar-refractivity contribution in [3.63, 3.8) is 0 Å². The van der Waals surface area contributed by atoms with Crippen LogP contribution in [0.15, 0.2) is 0 Å². The topological polar surface area (TPSA) is 32.8 Å². The Morgan fingerprint density at radius 3 is 1.96 bits per heavy atom. The molecule has 4 bridgehead atoms. The predicted molar refractivity (Wildman–Crippen MR) is 99.5 cm³/mol. The summed E-state index contributed by atoms with van der Waals surface area (Å²) in [5.74, 6) is 3.15. The zero-order chi connectivity index (χ0) is 17.7. The highest BCUT2D eigenvalue weighted by Gasteiger charge is 2.50. The molecule has 0 N–H and O–H groups in total. The van der Waals surface area contributed by atoms with Crippen molar-refractivity contribution in [1.82, 2.24) is 9.80 Å². The Bertz CT molecular complexity index is 467. The third-order valence-electron chi connectivity index (χ3n) is 7.15. The van der Waals surface area contributed by atoms with Crippen LogP contribution in [0, 0.1) is 23.2 Å². The van der Waals surface area contributed by atoms with Gasteiger partial charge in [-0.1, -0.05) is 0 Å². The average Bonchev–Trinajstić information content (AvgIpc) is 2.50. The lowest BCUT2D eigenvalue weighted by Crippen LogP contribution is -2.51. The van der Waals surface area contributed by atoms with Crippen LogP contribution >= 0.6 is 0 Å². The quantitative estimate of drug-likeness (QED) is 0.768. The molecule has 1 heterocycles. The molecule has 0 radical (unpaired) electrons. The zero-order valence-corrected chi connectivity index (χ0v) is 16.4. The molecule has 0 aromatic heterocycles. The van der Waals surface area contributed by atoms with E-state index in [9.17, 15) is 4.79 Å². The Morgan fingerprint density at radius 2 is 1.48 bits per heavy atom. The van der Waals surface area contributed by atoms with Crippen LogP contribution in [0.2, 0.25) is 0 Å². The van der Waals surface area contributed by atoms with Crippen LogP contribution in [0.4, 0.5) is 4.79 Å². The molecular formula is C21H36N2O2. The first-order valence-corrected chi connectivity index (χ1v) is 10.5. The van der Waals surface area contributed by atoms with E-state index in [0.29, 0.717) is 5.41 Å². The smallest absolute Gasteiger partial charge is 0.410 e. The normalized spacial score (nSPS) is 38.2. The molecule has 1 amide bonds. The summed E-state index contributed by atoms with van der Waals surface area (Å²) in [6.45, 7) is 10.7. The molecule has 25 heavy (non-hydrogen) atoms. The van der Waals surface area contributed by atoms with E-state index in [0.717, 1.165) is 43.9 Å². The van der Waals surface area contributed by atoms with Crippen LogP contribution < -0.4 is 0 Å². The molecular weight excluding hydrogens is 312 g/mol. The fraction of sp³-hybridized carbons (Fsp3) is 0.952. The number of ether oxygens (including phenoxy) is 1. The fourth-order valence-electron chi connectivity index (χ4n) is 6.47. The first kappa shape index (κ1) is 17.6. The van der Waals surface area contributed by atoms with Gasteiger partial charge in [-0.15, -0.1) is 0 Å². The molecule has 4 aliphatic carbocycles. The minimum atomic E-state index is -0.396. The zero-order valence-electron chi connectivity index (χ0n) is 16.4. The second-order valence-corrected chi connectivity index (χ2v) is 10.5. The lowest BCUT2D eigenvalue weighted by Gasteiger charge is -2.57. The Hall–Kier alpha value is -0.770. The molecule has 0 spiro atoms. The van der Waals surface area contributed by atoms with Crippen molar-refractivity contribution in [3.05, 3.63) is 0 Å². The molecule has 0 aromatic rings. The first-order valence-electron chi connectivity index (χ1n) is 10.5. The maximum atomic E-state index is 12.2. The van der Waals surface area contributed by atoms with Gasteiger partial charge in [-0.3, -0.25) is 4.90 Å². The molecule has 5 aliphatic rings. The molecule has 4 nitrogen and oxygen atoms in total. The summed E-state index contributed by atoms with van der Waals surface area (Å²) < 4.78 is 5.51. The molecule has 4 saturated carbocycles. The first-order chi connectivity index (χ1) is 11.8. The summed E-state index contributed by atoms with van der Waals surface area (Å²) in [6, 6.07) is 0. The third-order valence-corrected chi connectivity index (χ3v) is 7.15. The summed E-state index contributed by atoms with van der Waals surface area (Å²) in [5.41, 5.74) is 0.282. The van der Waals surface area contributed by atoms with Crippen molar-refractivity contribution < 1.29 is 9.53 Å². The van der Waals surface area contributed by atoms with Crippen molar-refractivity contribution >= 4 is 6.09 Å². The standard InChI is InChI=1S/C21H36N2O2/c1-20(2,3)25-19(24)23-8-6-22(7-9-23)5-4-21-13-16-10-17(14-21)12-18(11-16)15-21/h16-18H,4-15H2,1-3H3. The number of piperazine rings is 1. The highest BCUT2D eigenvalue weighted by Crippen LogP contribution is 2.61. The number of nitrogens with zero attached hydrogens (tertiary/aromatic N) is 2. The number of rotatable bonds is 3. The van der Waals surface area contributed by atoms with Crippen LogP contribution in [-0.2, 0) is 4.74 Å². The minimum Gasteiger partial charge on any atom is -0.444 e. The molecule has 0 aromatic carbocycles. The van der Waals surface area contributed by atoms with Gasteiger partial charge < -0.3 is 9.64 Å². The number of carbonyl (C=O) groups excluding carboxylic acids is 1. The van der Waals surface area contributed by atoms with Crippen LogP contribution in [0.1, 0.15) is 65.7 Å². The van der Waals surface area contributed by atoms with Gasteiger partial charge in [0.05, 0.1) is 0 Å². The van der Waals surface area contributed by atoms with Crippen molar-refractivity contribution in [2.24, 2.45) is 23.2 Å². The van der Waals surface area contributed by atoms with Crippen LogP contribution in [0.25, 0.3) is 0 Å². The number of carbonyl (C=O) groups is 1. The van der Waals surface area contributed by atoms with Gasteiger partial charge >= 0.3 is 6.09 Å². The summed E-state index contributed by atoms with van der Waals surface area (Å²) in [5, 5.41) is 0. The molecule has 1 aliphatic heterocycles. The molecule has 1 saturated heterocycles. The summed E-state index contributed by atoms with van der Waals surface area (Å²) in [6.07, 6.45) is 10.4. The van der Waals surface area contributed by atoms with Gasteiger partial charge in [0.1, 0.15) is 5.60 Å². The van der Waals surface area contributed by atoms with Crippen LogP contribution in [0.5, 0.6) is 0 Å². The Balaban J connectivity index is 1.24. The van der Waals surface area contributed by atoms with Gasteiger partial charge in [0, 0.05) is 26.2 Å². The number of hydrogen-bond donors (Lipinski definition) is 0. The second-order valence-electron chi connectivity index (χ2n) is 10.5. The molecule has 5 rings (SSSR count). The van der Waals surface area contributed by atoms with E-state index in [1.807, 2.05) is 25.7 Å². The van der Waals surface area contributed by atoms with E-state index in [-0.39, 0.29) is 6.09 Å². The highest BCUT2D eigenvalue weighted by molar-refractivity contribution is 5.68. The van der Waals surface area contributed by atoms with E-state index in [1.54, 1.807) is 0 Å². The van der Waals surface area contributed by atoms with Crippen LogP contribution in [0.3, 0.4) is 0 Å². The molecule has 0 atom stereocenters. The molecule has 4 heteroatoms. The van der Waals surface area contributed by atoms with Gasteiger partial charge in [-0.25, -0.2) is 4.79 Å². The van der Waals surface area contributed by atoms with Crippen molar-refractivity contribution in [1.29, 1.82) is 0 Å². The molecule has 0 unspecified atom stereocenters. The Labute approximate surface area is 153 Å². The van der Waals surface area contributed by atoms with E-state index in [1.165, 1.54) is 51.5 Å². The van der Waals surface area contributed by atoms with E-state index in [4.69, 9.17) is 4.74 Å². The van der Waals surface area contributed by atoms with E-state index >= 15 is 0 Å². The minimum absolute atomic E-state index is 0.145. The maximum Gasteiger partial charge on any atom is 0.410 e. The summed E-state index contributed by atoms with van der Waals surface area (Å²) in [4.78, 5) is 16.7. The van der Waals surface area contributed by atoms with Gasteiger partial charge in [-0.05, 0) is 95.4 Å². The second kappa shape index (κ2) is 6.44. The van der Waals surface area contributed by atoms with Crippen molar-refractivity contribution in [2.45, 2.75) is 71.3 Å². The SMILES string of the molecule is CC(C)(C)OC(=O)N1CCN(CCC23CC4CC(CC(C4)C2)C3)CC1. The maximum absolute atomic E-state index is 12.2. The summed E-state index contributed by atoms with van der Waals surface area (Å²) in [7, 11) is 0. The Kier molecular flexibility index (Phi) is 4.54. The molecule has 142 valence electrons. The lowest BCUT2D eigenvalue weighted by atomic mass is 9.49. The third kappa shape index (κ3) is 3.99. The molecule has 5 fully saturated rings. The van der Waals surface area contributed by atoms with E-state index < -0.39 is 5.60 Å². The monoisotopic (exact) mass is 348 g/mol. The van der Waals surface area contributed by atoms with Gasteiger partial charge in [0.15, 0.2) is 0 Å². The summed E-state index contributed by atoms with van der Waals surface area (Å²) >= 11 is 0. The predicted octanol–water partition coefficient (Wildman–Crippen LogP) is 4.15. The number of amides is 1. The Morgan fingerprint density at radius 1 is 0.960 bits per heavy atom. The lowest BCUT2D eigenvalue weighted by molar-refractivity contribution is -0.0624. The van der Waals surface area contributed by atoms with Crippen molar-refractivity contribution in [3.8, 4) is 0 Å². The largest absolute Gasteiger partial charge is 0.444 e. The van der Waals surface area contributed by atoms with Crippen molar-refractivity contribution in [2.75, 3.05) is 32.7 Å². The van der Waals surface area contributed by atoms with Gasteiger partial charge in [0.25, 0.3) is 0 Å². The van der Waals surface area contributed by atoms with Gasteiger partial charge in [-0.2, -0.15) is 0 Å². The van der Waals surface area contributed by atoms with Gasteiger partial charge in [0.2, 0.25) is 0 Å².